The molecular formula is C29H43N3O6S. The van der Waals surface area contributed by atoms with Crippen molar-refractivity contribution in [2.24, 2.45) is 0 Å². The topological polar surface area (TPSA) is 105 Å². The van der Waals surface area contributed by atoms with Crippen molar-refractivity contribution in [1.29, 1.82) is 0 Å². The first kappa shape index (κ1) is 31.9. The zero-order chi connectivity index (χ0) is 28.8. The number of nitrogens with zero attached hydrogens (tertiary/aromatic N) is 2. The molecular weight excluding hydrogens is 518 g/mol. The van der Waals surface area contributed by atoms with Gasteiger partial charge in [0.05, 0.1) is 25.7 Å². The highest BCUT2D eigenvalue weighted by Crippen LogP contribution is 2.30. The number of benzene rings is 2. The van der Waals surface area contributed by atoms with E-state index in [9.17, 15) is 18.0 Å². The highest BCUT2D eigenvalue weighted by atomic mass is 32.2. The van der Waals surface area contributed by atoms with Crippen molar-refractivity contribution in [3.63, 3.8) is 0 Å². The van der Waals surface area contributed by atoms with Crippen LogP contribution in [0.3, 0.4) is 0 Å². The lowest BCUT2D eigenvalue weighted by Gasteiger charge is -2.31. The Kier molecular flexibility index (Phi) is 13.1. The Morgan fingerprint density at radius 3 is 2.28 bits per heavy atom. The fourth-order valence-electron chi connectivity index (χ4n) is 4.28. The summed E-state index contributed by atoms with van der Waals surface area (Å²) in [4.78, 5) is 28.2. The molecule has 1 N–H and O–H groups in total. The second-order valence-corrected chi connectivity index (χ2v) is 11.2. The van der Waals surface area contributed by atoms with Gasteiger partial charge in [-0.05, 0) is 56.0 Å². The number of hydrogen-bond donors (Lipinski definition) is 1. The number of methoxy groups -OCH3 is 1. The zero-order valence-electron chi connectivity index (χ0n) is 23.8. The van der Waals surface area contributed by atoms with Crippen LogP contribution in [0, 0.1) is 0 Å². The van der Waals surface area contributed by atoms with E-state index in [2.05, 4.69) is 12.2 Å². The highest BCUT2D eigenvalue weighted by Gasteiger charge is 2.29. The quantitative estimate of drug-likeness (QED) is 0.288. The summed E-state index contributed by atoms with van der Waals surface area (Å²) >= 11 is 0. The predicted molar refractivity (Wildman–Crippen MR) is 155 cm³/mol. The molecule has 0 aliphatic rings. The molecule has 0 spiro atoms. The van der Waals surface area contributed by atoms with Crippen molar-refractivity contribution in [3.05, 3.63) is 54.1 Å². The van der Waals surface area contributed by atoms with Crippen LogP contribution in [0.25, 0.3) is 0 Å². The summed E-state index contributed by atoms with van der Waals surface area (Å²) in [6, 6.07) is 13.7. The average Bonchev–Trinajstić information content (AvgIpc) is 2.91. The average molecular weight is 562 g/mol. The molecule has 0 radical (unpaired) electrons. The van der Waals surface area contributed by atoms with E-state index in [1.54, 1.807) is 36.3 Å². The van der Waals surface area contributed by atoms with Crippen molar-refractivity contribution < 1.29 is 27.5 Å². The zero-order valence-corrected chi connectivity index (χ0v) is 24.6. The minimum absolute atomic E-state index is 0.0811. The first-order chi connectivity index (χ1) is 18.7. The number of carbonyl (C=O) groups excluding carboxylic acids is 2. The summed E-state index contributed by atoms with van der Waals surface area (Å²) in [6.07, 6.45) is 3.77. The molecule has 2 aromatic rings. The monoisotopic (exact) mass is 561 g/mol. The van der Waals surface area contributed by atoms with Crippen molar-refractivity contribution in [3.8, 4) is 11.5 Å². The third-order valence-electron chi connectivity index (χ3n) is 6.31. The van der Waals surface area contributed by atoms with Gasteiger partial charge in [0.1, 0.15) is 17.5 Å². The molecule has 2 aromatic carbocycles. The van der Waals surface area contributed by atoms with Gasteiger partial charge in [-0.2, -0.15) is 0 Å². The van der Waals surface area contributed by atoms with Crippen molar-refractivity contribution >= 4 is 27.5 Å². The van der Waals surface area contributed by atoms with Gasteiger partial charge in [-0.25, -0.2) is 8.42 Å². The molecule has 1 atom stereocenters. The maximum atomic E-state index is 13.6. The molecule has 2 rings (SSSR count). The lowest BCUT2D eigenvalue weighted by Crippen LogP contribution is -2.49. The van der Waals surface area contributed by atoms with Crippen LogP contribution in [-0.2, 0) is 26.2 Å². The number of ether oxygens (including phenoxy) is 2. The number of carbonyl (C=O) groups is 2. The second-order valence-electron chi connectivity index (χ2n) is 9.28. The van der Waals surface area contributed by atoms with E-state index in [1.165, 1.54) is 4.31 Å². The molecule has 10 heteroatoms. The van der Waals surface area contributed by atoms with Gasteiger partial charge in [-0.3, -0.25) is 13.9 Å². The number of unbranched alkanes of at least 4 members (excludes halogenated alkanes) is 1. The minimum Gasteiger partial charge on any atom is -0.497 e. The number of sulfonamides is 1. The maximum absolute atomic E-state index is 13.6. The smallest absolute Gasteiger partial charge is 0.242 e. The highest BCUT2D eigenvalue weighted by molar-refractivity contribution is 7.92. The van der Waals surface area contributed by atoms with Gasteiger partial charge < -0.3 is 19.7 Å². The predicted octanol–water partition coefficient (Wildman–Crippen LogP) is 4.36. The van der Waals surface area contributed by atoms with Crippen LogP contribution in [0.5, 0.6) is 11.5 Å². The van der Waals surface area contributed by atoms with Crippen LogP contribution in [0.15, 0.2) is 48.5 Å². The van der Waals surface area contributed by atoms with E-state index in [0.717, 1.165) is 24.7 Å². The van der Waals surface area contributed by atoms with Gasteiger partial charge in [0.2, 0.25) is 21.8 Å². The number of nitrogens with one attached hydrogen (secondary N) is 1. The van der Waals surface area contributed by atoms with Crippen LogP contribution >= 0.6 is 0 Å². The summed E-state index contributed by atoms with van der Waals surface area (Å²) in [5.41, 5.74) is 1.30. The molecule has 9 nitrogen and oxygen atoms in total. The molecule has 0 aromatic heterocycles. The van der Waals surface area contributed by atoms with E-state index in [0.29, 0.717) is 36.8 Å². The lowest BCUT2D eigenvalue weighted by atomic mass is 10.1. The largest absolute Gasteiger partial charge is 0.497 e. The fourth-order valence-corrected chi connectivity index (χ4v) is 5.25. The lowest BCUT2D eigenvalue weighted by molar-refractivity contribution is -0.141. The molecule has 0 aliphatic heterocycles. The minimum atomic E-state index is -3.63. The number of para-hydroxylation sites is 2. The number of amides is 2. The molecule has 0 fully saturated rings. The number of rotatable bonds is 17. The fraction of sp³-hybridized carbons (Fsp3) is 0.517. The third-order valence-corrected chi connectivity index (χ3v) is 7.49. The number of anilines is 1. The molecule has 0 saturated carbocycles. The van der Waals surface area contributed by atoms with Crippen molar-refractivity contribution in [2.45, 2.75) is 65.5 Å². The Labute approximate surface area is 233 Å². The molecule has 1 unspecified atom stereocenters. The van der Waals surface area contributed by atoms with Crippen LogP contribution < -0.4 is 19.1 Å². The Morgan fingerprint density at radius 1 is 1.00 bits per heavy atom. The van der Waals surface area contributed by atoms with Gasteiger partial charge in [-0.1, -0.05) is 44.5 Å². The third kappa shape index (κ3) is 9.76. The van der Waals surface area contributed by atoms with Crippen molar-refractivity contribution in [2.75, 3.05) is 37.4 Å². The Balaban J connectivity index is 2.23. The van der Waals surface area contributed by atoms with E-state index in [4.69, 9.17) is 9.47 Å². The molecule has 39 heavy (non-hydrogen) atoms. The Hall–Kier alpha value is -3.27. The summed E-state index contributed by atoms with van der Waals surface area (Å²) in [6.45, 7) is 7.07. The summed E-state index contributed by atoms with van der Waals surface area (Å²) in [5, 5.41) is 2.95. The standard InChI is InChI=1S/C29H43N3O6S/c1-6-9-20-30-29(34)25(7-2)31(22-23-16-18-24(37-4)19-17-23)28(33)15-12-21-32(39(5,35)36)26-13-10-11-14-27(26)38-8-3/h10-11,13-14,16-19,25H,6-9,12,15,20-22H2,1-5H3,(H,30,34). The first-order valence-corrected chi connectivity index (χ1v) is 15.4. The molecule has 2 amide bonds. The van der Waals surface area contributed by atoms with Crippen LogP contribution in [0.1, 0.15) is 58.4 Å². The second kappa shape index (κ2) is 16.0. The van der Waals surface area contributed by atoms with Crippen LogP contribution in [-0.4, -0.2) is 64.2 Å². The molecule has 216 valence electrons. The van der Waals surface area contributed by atoms with Gasteiger partial charge in [0.25, 0.3) is 0 Å². The summed E-state index contributed by atoms with van der Waals surface area (Å²) in [5.74, 6) is 0.771. The van der Waals surface area contributed by atoms with E-state index < -0.39 is 16.1 Å². The summed E-state index contributed by atoms with van der Waals surface area (Å²) in [7, 11) is -2.04. The van der Waals surface area contributed by atoms with E-state index in [-0.39, 0.29) is 37.7 Å². The summed E-state index contributed by atoms with van der Waals surface area (Å²) < 4.78 is 37.5. The van der Waals surface area contributed by atoms with E-state index >= 15 is 0 Å². The van der Waals surface area contributed by atoms with Gasteiger partial charge in [0.15, 0.2) is 0 Å². The van der Waals surface area contributed by atoms with Crippen LogP contribution in [0.4, 0.5) is 5.69 Å². The normalized spacial score (nSPS) is 11.9. The molecule has 0 heterocycles. The van der Waals surface area contributed by atoms with Crippen molar-refractivity contribution in [1.82, 2.24) is 10.2 Å². The number of hydrogen-bond acceptors (Lipinski definition) is 6. The molecule has 0 aliphatic carbocycles. The molecule has 0 saturated heterocycles. The first-order valence-electron chi connectivity index (χ1n) is 13.6. The van der Waals surface area contributed by atoms with Crippen LogP contribution in [0.2, 0.25) is 0 Å². The van der Waals surface area contributed by atoms with Gasteiger partial charge >= 0.3 is 0 Å². The van der Waals surface area contributed by atoms with Gasteiger partial charge in [0, 0.05) is 26.1 Å². The Morgan fingerprint density at radius 2 is 1.69 bits per heavy atom. The SMILES string of the molecule is CCCCNC(=O)C(CC)N(Cc1ccc(OC)cc1)C(=O)CCCN(c1ccccc1OCC)S(C)(=O)=O. The van der Waals surface area contributed by atoms with Gasteiger partial charge in [-0.15, -0.1) is 0 Å². The van der Waals surface area contributed by atoms with E-state index in [1.807, 2.05) is 38.1 Å². The molecule has 0 bridgehead atoms. The maximum Gasteiger partial charge on any atom is 0.242 e. The Bertz CT molecular complexity index is 1150.